The Morgan fingerprint density at radius 1 is 0.917 bits per heavy atom. The van der Waals surface area contributed by atoms with Crippen LogP contribution in [0.5, 0.6) is 17.2 Å². The number of ether oxygens (including phenoxy) is 3. The number of fused-ring (bicyclic) bond motifs is 1. The summed E-state index contributed by atoms with van der Waals surface area (Å²) in [6.07, 6.45) is 1.70. The first-order valence-electron chi connectivity index (χ1n) is 11.7. The molecule has 0 radical (unpaired) electrons. The molecule has 2 aromatic carbocycles. The lowest BCUT2D eigenvalue weighted by Gasteiger charge is -2.35. The zero-order valence-electron chi connectivity index (χ0n) is 20.5. The van der Waals surface area contributed by atoms with E-state index in [1.54, 1.807) is 32.2 Å². The Morgan fingerprint density at radius 3 is 2.47 bits per heavy atom. The van der Waals surface area contributed by atoms with Gasteiger partial charge in [-0.25, -0.2) is 4.98 Å². The Labute approximate surface area is 209 Å². The molecule has 1 saturated heterocycles. The first-order chi connectivity index (χ1) is 17.6. The van der Waals surface area contributed by atoms with Crippen molar-refractivity contribution in [2.75, 3.05) is 47.5 Å². The van der Waals surface area contributed by atoms with Gasteiger partial charge in [0.05, 0.1) is 27.0 Å². The average Bonchev–Trinajstić information content (AvgIpc) is 3.37. The minimum Gasteiger partial charge on any atom is -0.493 e. The lowest BCUT2D eigenvalue weighted by atomic mass is 10.1. The van der Waals surface area contributed by atoms with E-state index < -0.39 is 0 Å². The quantitative estimate of drug-likeness (QED) is 0.392. The van der Waals surface area contributed by atoms with E-state index in [9.17, 15) is 4.79 Å². The molecule has 186 valence electrons. The number of nitrogens with zero attached hydrogens (tertiary/aromatic N) is 6. The second kappa shape index (κ2) is 10.2. The normalized spacial score (nSPS) is 14.1. The van der Waals surface area contributed by atoms with Gasteiger partial charge in [0.15, 0.2) is 17.1 Å². The fourth-order valence-electron chi connectivity index (χ4n) is 4.53. The first kappa shape index (κ1) is 23.6. The van der Waals surface area contributed by atoms with E-state index in [1.807, 2.05) is 53.4 Å². The van der Waals surface area contributed by atoms with Crippen LogP contribution in [-0.4, -0.2) is 83.2 Å². The van der Waals surface area contributed by atoms with Crippen molar-refractivity contribution in [1.82, 2.24) is 29.8 Å². The van der Waals surface area contributed by atoms with Crippen LogP contribution in [0.2, 0.25) is 0 Å². The summed E-state index contributed by atoms with van der Waals surface area (Å²) >= 11 is 0. The maximum atomic E-state index is 13.3. The Balaban J connectivity index is 1.27. The summed E-state index contributed by atoms with van der Waals surface area (Å²) in [6.45, 7) is 3.45. The summed E-state index contributed by atoms with van der Waals surface area (Å²) < 4.78 is 18.2. The van der Waals surface area contributed by atoms with Crippen LogP contribution in [0, 0.1) is 0 Å². The average molecular weight is 489 g/mol. The van der Waals surface area contributed by atoms with Crippen molar-refractivity contribution in [3.05, 3.63) is 65.9 Å². The fraction of sp³-hybridized carbons (Fsp3) is 0.308. The van der Waals surface area contributed by atoms with Gasteiger partial charge in [0.25, 0.3) is 5.91 Å². The first-order valence-corrected chi connectivity index (χ1v) is 11.7. The highest BCUT2D eigenvalue weighted by molar-refractivity contribution is 5.95. The highest BCUT2D eigenvalue weighted by Crippen LogP contribution is 2.40. The number of aromatic nitrogens is 4. The van der Waals surface area contributed by atoms with Crippen molar-refractivity contribution in [3.8, 4) is 22.9 Å². The Hall–Kier alpha value is -4.18. The Morgan fingerprint density at radius 2 is 1.72 bits per heavy atom. The second-order valence-corrected chi connectivity index (χ2v) is 8.46. The van der Waals surface area contributed by atoms with Crippen LogP contribution in [0.4, 0.5) is 0 Å². The van der Waals surface area contributed by atoms with E-state index in [1.165, 1.54) is 0 Å². The number of carbonyl (C=O) groups is 1. The molecule has 1 aliphatic heterocycles. The fourth-order valence-corrected chi connectivity index (χ4v) is 4.53. The number of pyridine rings is 1. The summed E-state index contributed by atoms with van der Waals surface area (Å²) in [4.78, 5) is 21.9. The summed E-state index contributed by atoms with van der Waals surface area (Å²) in [5.74, 6) is 1.88. The van der Waals surface area contributed by atoms with Crippen molar-refractivity contribution in [2.45, 2.75) is 6.54 Å². The smallest absolute Gasteiger partial charge is 0.254 e. The molecule has 10 nitrogen and oxygen atoms in total. The van der Waals surface area contributed by atoms with E-state index in [4.69, 9.17) is 14.2 Å². The lowest BCUT2D eigenvalue weighted by molar-refractivity contribution is 0.0627. The molecule has 3 heterocycles. The molecule has 10 heteroatoms. The minimum atomic E-state index is -0.00224. The second-order valence-electron chi connectivity index (χ2n) is 8.46. The van der Waals surface area contributed by atoms with E-state index in [0.717, 1.165) is 24.3 Å². The molecule has 1 aliphatic rings. The van der Waals surface area contributed by atoms with Crippen molar-refractivity contribution < 1.29 is 19.0 Å². The van der Waals surface area contributed by atoms with Crippen molar-refractivity contribution in [2.24, 2.45) is 0 Å². The third-order valence-corrected chi connectivity index (χ3v) is 6.39. The number of methoxy groups -OCH3 is 3. The van der Waals surface area contributed by atoms with Gasteiger partial charge in [0.1, 0.15) is 5.52 Å². The summed E-state index contributed by atoms with van der Waals surface area (Å²) in [5, 5.41) is 8.37. The van der Waals surface area contributed by atoms with Crippen LogP contribution in [-0.2, 0) is 6.54 Å². The number of hydrogen-bond acceptors (Lipinski definition) is 8. The van der Waals surface area contributed by atoms with Crippen molar-refractivity contribution >= 4 is 17.1 Å². The van der Waals surface area contributed by atoms with Gasteiger partial charge in [-0.05, 0) is 36.4 Å². The van der Waals surface area contributed by atoms with E-state index in [0.29, 0.717) is 53.6 Å². The van der Waals surface area contributed by atoms with Crippen LogP contribution in [0.25, 0.3) is 16.9 Å². The number of benzene rings is 2. The van der Waals surface area contributed by atoms with E-state index >= 15 is 0 Å². The molecule has 5 rings (SSSR count). The van der Waals surface area contributed by atoms with Gasteiger partial charge in [0, 0.05) is 50.0 Å². The molecule has 1 amide bonds. The number of carbonyl (C=O) groups excluding carboxylic acids is 1. The molecular weight excluding hydrogens is 460 g/mol. The van der Waals surface area contributed by atoms with Crippen LogP contribution >= 0.6 is 0 Å². The van der Waals surface area contributed by atoms with E-state index in [-0.39, 0.29) is 5.91 Å². The third-order valence-electron chi connectivity index (χ3n) is 6.39. The maximum absolute atomic E-state index is 13.3. The van der Waals surface area contributed by atoms with Crippen molar-refractivity contribution in [3.63, 3.8) is 0 Å². The van der Waals surface area contributed by atoms with Gasteiger partial charge in [-0.15, -0.1) is 5.10 Å². The number of amides is 1. The van der Waals surface area contributed by atoms with Crippen LogP contribution in [0.1, 0.15) is 15.9 Å². The number of rotatable bonds is 7. The van der Waals surface area contributed by atoms with Crippen LogP contribution < -0.4 is 14.2 Å². The van der Waals surface area contributed by atoms with Gasteiger partial charge in [-0.3, -0.25) is 9.69 Å². The van der Waals surface area contributed by atoms with E-state index in [2.05, 4.69) is 20.2 Å². The predicted octanol–water partition coefficient (Wildman–Crippen LogP) is 2.80. The minimum absolute atomic E-state index is 0.00224. The van der Waals surface area contributed by atoms with Gasteiger partial charge >= 0.3 is 0 Å². The monoisotopic (exact) mass is 488 g/mol. The predicted molar refractivity (Wildman–Crippen MR) is 134 cm³/mol. The molecule has 0 bridgehead atoms. The molecule has 2 aromatic heterocycles. The molecule has 1 fully saturated rings. The highest BCUT2D eigenvalue weighted by atomic mass is 16.5. The summed E-state index contributed by atoms with van der Waals surface area (Å²) in [5.41, 5.74) is 3.73. The topological polar surface area (TPSA) is 94.8 Å². The zero-order valence-corrected chi connectivity index (χ0v) is 20.5. The standard InChI is InChI=1S/C26H28N6O4/c1-34-22-10-9-19(23(35-2)24(22)36-3)17-30-12-14-31(15-13-30)26(33)18-6-4-7-20(16-18)32-25-21(28-29-32)8-5-11-27-25/h4-11,16H,12-15,17H2,1-3H3. The molecule has 0 unspecified atom stereocenters. The van der Waals surface area contributed by atoms with Gasteiger partial charge in [-0.2, -0.15) is 4.68 Å². The Bertz CT molecular complexity index is 1380. The SMILES string of the molecule is COc1ccc(CN2CCN(C(=O)c3cccc(-n4nnc5cccnc54)c3)CC2)c(OC)c1OC. The summed E-state index contributed by atoms with van der Waals surface area (Å²) in [7, 11) is 4.84. The zero-order chi connectivity index (χ0) is 25.1. The molecule has 4 aromatic rings. The van der Waals surface area contributed by atoms with Crippen LogP contribution in [0.15, 0.2) is 54.7 Å². The molecule has 0 saturated carbocycles. The van der Waals surface area contributed by atoms with Gasteiger partial charge in [0.2, 0.25) is 5.75 Å². The van der Waals surface area contributed by atoms with Crippen LogP contribution in [0.3, 0.4) is 0 Å². The molecule has 0 atom stereocenters. The molecule has 0 aliphatic carbocycles. The number of hydrogen-bond donors (Lipinski definition) is 0. The van der Waals surface area contributed by atoms with Gasteiger partial charge in [-0.1, -0.05) is 17.3 Å². The highest BCUT2D eigenvalue weighted by Gasteiger charge is 2.24. The molecule has 0 spiro atoms. The maximum Gasteiger partial charge on any atom is 0.254 e. The lowest BCUT2D eigenvalue weighted by Crippen LogP contribution is -2.48. The largest absolute Gasteiger partial charge is 0.493 e. The Kier molecular flexibility index (Phi) is 6.68. The van der Waals surface area contributed by atoms with Gasteiger partial charge < -0.3 is 19.1 Å². The number of piperazine rings is 1. The summed E-state index contributed by atoms with van der Waals surface area (Å²) in [6, 6.07) is 15.0. The van der Waals surface area contributed by atoms with Crippen molar-refractivity contribution in [1.29, 1.82) is 0 Å². The molecular formula is C26H28N6O4. The third kappa shape index (κ3) is 4.42. The molecule has 36 heavy (non-hydrogen) atoms. The molecule has 0 N–H and O–H groups in total.